The van der Waals surface area contributed by atoms with Crippen molar-refractivity contribution in [1.29, 1.82) is 0 Å². The molecule has 1 saturated carbocycles. The third kappa shape index (κ3) is 5.15. The summed E-state index contributed by atoms with van der Waals surface area (Å²) in [4.78, 5) is 36.3. The van der Waals surface area contributed by atoms with Crippen LogP contribution in [0.5, 0.6) is 0 Å². The lowest BCUT2D eigenvalue weighted by molar-refractivity contribution is 0.101. The van der Waals surface area contributed by atoms with Crippen molar-refractivity contribution < 1.29 is 4.79 Å². The number of benzene rings is 1. The predicted octanol–water partition coefficient (Wildman–Crippen LogP) is 3.97. The van der Waals surface area contributed by atoms with Crippen molar-refractivity contribution in [1.82, 2.24) is 29.4 Å². The number of amides is 1. The fourth-order valence-corrected chi connectivity index (χ4v) is 5.02. The number of hydrogen-bond acceptors (Lipinski definition) is 8. The lowest BCUT2D eigenvalue weighted by atomic mass is 10.1. The Morgan fingerprint density at radius 2 is 1.81 bits per heavy atom. The van der Waals surface area contributed by atoms with E-state index >= 15 is 0 Å². The molecule has 2 aliphatic rings. The fourth-order valence-electron chi connectivity index (χ4n) is 4.76. The minimum absolute atomic E-state index is 0.297. The normalized spacial score (nSPS) is 16.9. The maximum absolute atomic E-state index is 13.0. The number of carbonyl (C=O) groups is 1. The van der Waals surface area contributed by atoms with Crippen LogP contribution in [0.2, 0.25) is 5.02 Å². The van der Waals surface area contributed by atoms with Crippen molar-refractivity contribution in [2.24, 2.45) is 7.05 Å². The van der Waals surface area contributed by atoms with Gasteiger partial charge in [0.25, 0.3) is 5.91 Å². The van der Waals surface area contributed by atoms with Crippen LogP contribution in [-0.2, 0) is 7.05 Å². The van der Waals surface area contributed by atoms with Gasteiger partial charge in [-0.25, -0.2) is 4.98 Å². The molecule has 190 valence electrons. The molecule has 0 spiro atoms. The number of nitrogens with one attached hydrogen (secondary N) is 2. The van der Waals surface area contributed by atoms with Gasteiger partial charge in [-0.05, 0) is 38.4 Å². The SMILES string of the molecule is Cc1cccc(Cl)c1NC(=O)c1cnc(Nc2nc(C3CCCC3)nc(N3CCN(C)CC3)n2)n1C. The Kier molecular flexibility index (Phi) is 7.06. The van der Waals surface area contributed by atoms with E-state index in [2.05, 4.69) is 32.5 Å². The number of rotatable bonds is 6. The first-order valence-electron chi connectivity index (χ1n) is 12.4. The molecule has 1 amide bonds. The van der Waals surface area contributed by atoms with Gasteiger partial charge in [-0.1, -0.05) is 36.6 Å². The minimum atomic E-state index is -0.297. The number of aryl methyl sites for hydroxylation is 1. The van der Waals surface area contributed by atoms with Crippen LogP contribution in [0.15, 0.2) is 24.4 Å². The molecule has 1 aliphatic heterocycles. The van der Waals surface area contributed by atoms with Crippen LogP contribution < -0.4 is 15.5 Å². The number of piperazine rings is 1. The largest absolute Gasteiger partial charge is 0.338 e. The Hall–Kier alpha value is -3.24. The van der Waals surface area contributed by atoms with Gasteiger partial charge in [-0.2, -0.15) is 15.0 Å². The first kappa shape index (κ1) is 24.5. The highest BCUT2D eigenvalue weighted by Gasteiger charge is 2.25. The van der Waals surface area contributed by atoms with Crippen LogP contribution in [0.25, 0.3) is 0 Å². The average Bonchev–Trinajstić information content (AvgIpc) is 3.53. The van der Waals surface area contributed by atoms with E-state index in [4.69, 9.17) is 26.6 Å². The summed E-state index contributed by atoms with van der Waals surface area (Å²) < 4.78 is 1.69. The number of imidazole rings is 1. The number of hydrogen-bond donors (Lipinski definition) is 2. The van der Waals surface area contributed by atoms with Crippen LogP contribution in [-0.4, -0.2) is 68.5 Å². The molecule has 3 aromatic rings. The second-order valence-corrected chi connectivity index (χ2v) is 10.0. The molecule has 1 saturated heterocycles. The zero-order valence-electron chi connectivity index (χ0n) is 21.0. The first-order valence-corrected chi connectivity index (χ1v) is 12.8. The summed E-state index contributed by atoms with van der Waals surface area (Å²) in [7, 11) is 3.91. The third-order valence-electron chi connectivity index (χ3n) is 7.05. The first-order chi connectivity index (χ1) is 17.4. The summed E-state index contributed by atoms with van der Waals surface area (Å²) in [6, 6.07) is 5.50. The Morgan fingerprint density at radius 3 is 2.53 bits per heavy atom. The standard InChI is InChI=1S/C25H32ClN9O/c1-16-7-6-10-18(26)20(16)28-22(36)19-15-27-24(34(19)3)31-23-29-21(17-8-4-5-9-17)30-25(32-23)35-13-11-33(2)12-14-35/h6-7,10,15,17H,4-5,8-9,11-14H2,1-3H3,(H,28,36)(H,27,29,30,31,32). The highest BCUT2D eigenvalue weighted by atomic mass is 35.5. The van der Waals surface area contributed by atoms with E-state index in [1.807, 2.05) is 19.1 Å². The predicted molar refractivity (Wildman–Crippen MR) is 141 cm³/mol. The van der Waals surface area contributed by atoms with Gasteiger partial charge in [-0.3, -0.25) is 10.1 Å². The molecule has 0 radical (unpaired) electrons. The van der Waals surface area contributed by atoms with Gasteiger partial charge < -0.3 is 19.7 Å². The summed E-state index contributed by atoms with van der Waals surface area (Å²) in [6.07, 6.45) is 6.13. The van der Waals surface area contributed by atoms with E-state index < -0.39 is 0 Å². The van der Waals surface area contributed by atoms with Crippen molar-refractivity contribution in [3.05, 3.63) is 46.5 Å². The molecule has 1 aromatic carbocycles. The van der Waals surface area contributed by atoms with E-state index in [0.29, 0.717) is 40.2 Å². The molecule has 2 fully saturated rings. The zero-order chi connectivity index (χ0) is 25.2. The van der Waals surface area contributed by atoms with Gasteiger partial charge in [0.05, 0.1) is 16.9 Å². The summed E-state index contributed by atoms with van der Waals surface area (Å²) in [5, 5.41) is 6.63. The Morgan fingerprint density at radius 1 is 1.06 bits per heavy atom. The van der Waals surface area contributed by atoms with Gasteiger partial charge in [0, 0.05) is 39.1 Å². The summed E-state index contributed by atoms with van der Waals surface area (Å²) in [5.41, 5.74) is 1.87. The number of carbonyl (C=O) groups excluding carboxylic acids is 1. The molecule has 0 atom stereocenters. The lowest BCUT2D eigenvalue weighted by Gasteiger charge is -2.32. The molecule has 5 rings (SSSR count). The van der Waals surface area contributed by atoms with Crippen molar-refractivity contribution in [2.45, 2.75) is 38.5 Å². The van der Waals surface area contributed by atoms with Gasteiger partial charge in [0.1, 0.15) is 11.5 Å². The highest BCUT2D eigenvalue weighted by Crippen LogP contribution is 2.33. The van der Waals surface area contributed by atoms with E-state index in [1.165, 1.54) is 19.0 Å². The van der Waals surface area contributed by atoms with Crippen LogP contribution >= 0.6 is 11.6 Å². The maximum Gasteiger partial charge on any atom is 0.274 e. The molecule has 2 N–H and O–H groups in total. The molecule has 10 nitrogen and oxygen atoms in total. The number of nitrogens with zero attached hydrogens (tertiary/aromatic N) is 7. The van der Waals surface area contributed by atoms with Crippen LogP contribution in [0.1, 0.15) is 53.5 Å². The monoisotopic (exact) mass is 509 g/mol. The quantitative estimate of drug-likeness (QED) is 0.514. The smallest absolute Gasteiger partial charge is 0.274 e. The average molecular weight is 510 g/mol. The summed E-state index contributed by atoms with van der Waals surface area (Å²) >= 11 is 6.29. The van der Waals surface area contributed by atoms with E-state index in [1.54, 1.807) is 17.7 Å². The number of likely N-dealkylation sites (N-methyl/N-ethyl adjacent to an activating group) is 1. The molecule has 0 unspecified atom stereocenters. The zero-order valence-corrected chi connectivity index (χ0v) is 21.7. The maximum atomic E-state index is 13.0. The fraction of sp³-hybridized carbons (Fsp3) is 0.480. The molecule has 3 heterocycles. The van der Waals surface area contributed by atoms with Gasteiger partial charge in [0.2, 0.25) is 17.8 Å². The Bertz CT molecular complexity index is 1230. The number of aromatic nitrogens is 5. The second-order valence-electron chi connectivity index (χ2n) is 9.63. The Labute approximate surface area is 216 Å². The number of anilines is 4. The van der Waals surface area contributed by atoms with Crippen molar-refractivity contribution >= 4 is 41.0 Å². The topological polar surface area (TPSA) is 104 Å². The summed E-state index contributed by atoms with van der Waals surface area (Å²) in [6.45, 7) is 5.58. The molecule has 11 heteroatoms. The molecule has 0 bridgehead atoms. The van der Waals surface area contributed by atoms with Gasteiger partial charge >= 0.3 is 0 Å². The molecular weight excluding hydrogens is 478 g/mol. The molecular formula is C25H32ClN9O. The van der Waals surface area contributed by atoms with Crippen LogP contribution in [0, 0.1) is 6.92 Å². The summed E-state index contributed by atoms with van der Waals surface area (Å²) in [5.74, 6) is 2.51. The van der Waals surface area contributed by atoms with Gasteiger partial charge in [0.15, 0.2) is 0 Å². The van der Waals surface area contributed by atoms with Crippen LogP contribution in [0.3, 0.4) is 0 Å². The van der Waals surface area contributed by atoms with Crippen molar-refractivity contribution in [3.63, 3.8) is 0 Å². The number of halogens is 1. The molecule has 36 heavy (non-hydrogen) atoms. The molecule has 1 aliphatic carbocycles. The molecule has 2 aromatic heterocycles. The third-order valence-corrected chi connectivity index (χ3v) is 7.37. The minimum Gasteiger partial charge on any atom is -0.338 e. The van der Waals surface area contributed by atoms with E-state index in [0.717, 1.165) is 50.4 Å². The second kappa shape index (κ2) is 10.4. The lowest BCUT2D eigenvalue weighted by Crippen LogP contribution is -2.45. The van der Waals surface area contributed by atoms with E-state index in [9.17, 15) is 4.79 Å². The van der Waals surface area contributed by atoms with Crippen molar-refractivity contribution in [2.75, 3.05) is 48.8 Å². The Balaban J connectivity index is 1.39. The van der Waals surface area contributed by atoms with Crippen molar-refractivity contribution in [3.8, 4) is 0 Å². The number of para-hydroxylation sites is 1. The van der Waals surface area contributed by atoms with Crippen LogP contribution in [0.4, 0.5) is 23.5 Å². The highest BCUT2D eigenvalue weighted by molar-refractivity contribution is 6.34. The van der Waals surface area contributed by atoms with E-state index in [-0.39, 0.29) is 5.91 Å². The van der Waals surface area contributed by atoms with Gasteiger partial charge in [-0.15, -0.1) is 0 Å².